The summed E-state index contributed by atoms with van der Waals surface area (Å²) >= 11 is 0. The van der Waals surface area contributed by atoms with Crippen LogP contribution in [0.1, 0.15) is 33.6 Å². The Bertz CT molecular complexity index is 2540. The van der Waals surface area contributed by atoms with E-state index in [0.717, 1.165) is 100 Å². The maximum Gasteiger partial charge on any atom is 0.116 e. The first-order chi connectivity index (χ1) is 23.1. The van der Waals surface area contributed by atoms with Gasteiger partial charge in [0.05, 0.1) is 16.9 Å². The van der Waals surface area contributed by atoms with E-state index in [-0.39, 0.29) is 17.2 Å². The first kappa shape index (κ1) is 29.2. The number of aromatic amines is 3. The molecule has 0 spiro atoms. The number of fused-ring (bicyclic) bond motifs is 9. The Kier molecular flexibility index (Phi) is 6.66. The molecule has 0 fully saturated rings. The van der Waals surface area contributed by atoms with Crippen LogP contribution < -0.4 is 0 Å². The molecule has 7 nitrogen and oxygen atoms in total. The number of nitrogens with one attached hydrogen (secondary N) is 3. The maximum absolute atomic E-state index is 10.4. The average Bonchev–Trinajstić information content (AvgIpc) is 3.85. The molecule has 48 heavy (non-hydrogen) atoms. The van der Waals surface area contributed by atoms with E-state index in [1.165, 1.54) is 0 Å². The van der Waals surface area contributed by atoms with Gasteiger partial charge in [-0.05, 0) is 152 Å². The largest absolute Gasteiger partial charge is 0.508 e. The smallest absolute Gasteiger partial charge is 0.116 e. The summed E-state index contributed by atoms with van der Waals surface area (Å²) in [7, 11) is 0. The number of H-pyrrole nitrogens is 3. The van der Waals surface area contributed by atoms with Crippen LogP contribution >= 0.6 is 0 Å². The number of aromatic hydroxyl groups is 3. The third-order valence-electron chi connectivity index (χ3n) is 9.27. The number of nitrogens with zero attached hydrogens (tertiary/aromatic N) is 1. The van der Waals surface area contributed by atoms with Crippen LogP contribution in [0.2, 0.25) is 0 Å². The summed E-state index contributed by atoms with van der Waals surface area (Å²) < 4.78 is 0. The van der Waals surface area contributed by atoms with Gasteiger partial charge < -0.3 is 30.3 Å². The number of hydrogen-bond acceptors (Lipinski definition) is 4. The second-order valence-corrected chi connectivity index (χ2v) is 12.7. The summed E-state index contributed by atoms with van der Waals surface area (Å²) in [5.41, 5.74) is 16.6. The Balaban J connectivity index is 1.58. The number of aromatic nitrogens is 4. The summed E-state index contributed by atoms with van der Waals surface area (Å²) in [6, 6.07) is 26.9. The quantitative estimate of drug-likeness (QED) is 0.116. The van der Waals surface area contributed by atoms with Crippen molar-refractivity contribution in [2.75, 3.05) is 0 Å². The summed E-state index contributed by atoms with van der Waals surface area (Å²) in [5, 5.41) is 31.0. The number of hydrogen-bond donors (Lipinski definition) is 6. The summed E-state index contributed by atoms with van der Waals surface area (Å²) in [4.78, 5) is 16.3. The third-order valence-corrected chi connectivity index (χ3v) is 9.27. The van der Waals surface area contributed by atoms with E-state index in [4.69, 9.17) is 4.98 Å². The van der Waals surface area contributed by atoms with Crippen LogP contribution in [0.25, 0.3) is 78.6 Å². The second-order valence-electron chi connectivity index (χ2n) is 12.7. The SMILES string of the molecule is Cc1cc(O)cc(C)c1-c1c2nc(c3ccc([nH]3)c(-c3c(C)cc(O)cc3C)c3ccc([nH]3)c(-c3ccc(O)cc3)c3ccc1[nH]3)C=C2. The molecule has 6 N–H and O–H groups in total. The standard InChI is InChI=1S/C41H34N4O3/c1-21-17-27(47)18-22(2)37(21)40-33-11-9-29(42-33)30-10-12-34(43-30)41(38-23(3)19-28(48)20-24(38)4)36-16-14-32(45-36)39(31-13-15-35(40)44-31)25-5-7-26(46)8-6-25/h5-20,42,44-48H,1-4H3. The second kappa shape index (κ2) is 11.0. The van der Waals surface area contributed by atoms with Gasteiger partial charge in [0.1, 0.15) is 17.2 Å². The van der Waals surface area contributed by atoms with Crippen molar-refractivity contribution in [1.29, 1.82) is 0 Å². The maximum atomic E-state index is 10.4. The Morgan fingerprint density at radius 3 is 1.31 bits per heavy atom. The zero-order valence-electron chi connectivity index (χ0n) is 27.0. The van der Waals surface area contributed by atoms with Crippen molar-refractivity contribution in [3.8, 4) is 50.6 Å². The molecule has 0 aliphatic carbocycles. The van der Waals surface area contributed by atoms with E-state index in [9.17, 15) is 15.3 Å². The molecule has 7 aromatic rings. The van der Waals surface area contributed by atoms with Crippen LogP contribution in [0.3, 0.4) is 0 Å². The topological polar surface area (TPSA) is 121 Å². The predicted molar refractivity (Wildman–Crippen MR) is 195 cm³/mol. The van der Waals surface area contributed by atoms with E-state index in [2.05, 4.69) is 51.4 Å². The molecule has 236 valence electrons. The fourth-order valence-corrected chi connectivity index (χ4v) is 7.28. The van der Waals surface area contributed by atoms with Gasteiger partial charge in [-0.2, -0.15) is 0 Å². The summed E-state index contributed by atoms with van der Waals surface area (Å²) in [6.45, 7) is 8.05. The molecule has 0 radical (unpaired) electrons. The van der Waals surface area contributed by atoms with Gasteiger partial charge in [0.25, 0.3) is 0 Å². The molecule has 4 aromatic heterocycles. The van der Waals surface area contributed by atoms with Crippen molar-refractivity contribution in [3.63, 3.8) is 0 Å². The van der Waals surface area contributed by atoms with Crippen molar-refractivity contribution in [2.24, 2.45) is 0 Å². The molecule has 0 saturated carbocycles. The van der Waals surface area contributed by atoms with Gasteiger partial charge in [0, 0.05) is 44.3 Å². The fraction of sp³-hybridized carbons (Fsp3) is 0.0976. The lowest BCUT2D eigenvalue weighted by Crippen LogP contribution is -1.92. The Morgan fingerprint density at radius 2 is 0.792 bits per heavy atom. The van der Waals surface area contributed by atoms with Crippen LogP contribution in [0, 0.1) is 27.7 Å². The number of benzene rings is 3. The van der Waals surface area contributed by atoms with Crippen LogP contribution in [-0.2, 0) is 0 Å². The lowest BCUT2D eigenvalue weighted by atomic mass is 9.94. The van der Waals surface area contributed by atoms with Crippen LogP contribution in [-0.4, -0.2) is 35.3 Å². The van der Waals surface area contributed by atoms with Gasteiger partial charge in [-0.3, -0.25) is 0 Å². The van der Waals surface area contributed by atoms with Crippen molar-refractivity contribution in [1.82, 2.24) is 19.9 Å². The molecule has 0 unspecified atom stereocenters. The monoisotopic (exact) mass is 630 g/mol. The highest BCUT2D eigenvalue weighted by molar-refractivity contribution is 6.01. The minimum atomic E-state index is 0.194. The summed E-state index contributed by atoms with van der Waals surface area (Å²) in [5.74, 6) is 0.653. The highest BCUT2D eigenvalue weighted by Gasteiger charge is 2.19. The van der Waals surface area contributed by atoms with Crippen LogP contribution in [0.15, 0.2) is 84.9 Å². The number of rotatable bonds is 3. The van der Waals surface area contributed by atoms with Crippen molar-refractivity contribution in [2.45, 2.75) is 27.7 Å². The molecule has 3 aromatic carbocycles. The lowest BCUT2D eigenvalue weighted by Gasteiger charge is -2.12. The zero-order chi connectivity index (χ0) is 33.3. The Hall–Kier alpha value is -6.21. The molecule has 0 amide bonds. The molecule has 7 heteroatoms. The molecule has 1 aliphatic heterocycles. The molecule has 8 rings (SSSR count). The van der Waals surface area contributed by atoms with E-state index in [1.807, 2.05) is 52.0 Å². The van der Waals surface area contributed by atoms with Gasteiger partial charge in [-0.25, -0.2) is 4.98 Å². The van der Waals surface area contributed by atoms with E-state index < -0.39 is 0 Å². The molecule has 0 atom stereocenters. The first-order valence-corrected chi connectivity index (χ1v) is 15.9. The normalized spacial score (nSPS) is 11.9. The predicted octanol–water partition coefficient (Wildman–Crippen LogP) is 10.0. The Morgan fingerprint density at radius 1 is 0.396 bits per heavy atom. The lowest BCUT2D eigenvalue weighted by molar-refractivity contribution is 0.474. The summed E-state index contributed by atoms with van der Waals surface area (Å²) in [6.07, 6.45) is 4.08. The van der Waals surface area contributed by atoms with Gasteiger partial charge in [-0.1, -0.05) is 12.1 Å². The van der Waals surface area contributed by atoms with Crippen molar-refractivity contribution >= 4 is 45.3 Å². The van der Waals surface area contributed by atoms with E-state index >= 15 is 0 Å². The highest BCUT2D eigenvalue weighted by atomic mass is 16.3. The van der Waals surface area contributed by atoms with Crippen LogP contribution in [0.4, 0.5) is 0 Å². The van der Waals surface area contributed by atoms with Crippen molar-refractivity contribution < 1.29 is 15.3 Å². The van der Waals surface area contributed by atoms with E-state index in [0.29, 0.717) is 0 Å². The van der Waals surface area contributed by atoms with E-state index in [1.54, 1.807) is 36.4 Å². The highest BCUT2D eigenvalue weighted by Crippen LogP contribution is 2.40. The molecular formula is C41H34N4O3. The first-order valence-electron chi connectivity index (χ1n) is 15.9. The van der Waals surface area contributed by atoms with Gasteiger partial charge >= 0.3 is 0 Å². The zero-order valence-corrected chi connectivity index (χ0v) is 27.0. The number of aryl methyl sites for hydroxylation is 4. The Labute approximate surface area is 276 Å². The fourth-order valence-electron chi connectivity index (χ4n) is 7.28. The molecule has 1 aliphatic rings. The molecular weight excluding hydrogens is 596 g/mol. The third kappa shape index (κ3) is 4.79. The minimum Gasteiger partial charge on any atom is -0.508 e. The number of phenolic OH excluding ortho intramolecular Hbond substituents is 3. The molecule has 8 bridgehead atoms. The van der Waals surface area contributed by atoms with Crippen LogP contribution in [0.5, 0.6) is 17.2 Å². The molecule has 5 heterocycles. The minimum absolute atomic E-state index is 0.194. The molecule has 0 saturated heterocycles. The average molecular weight is 631 g/mol. The van der Waals surface area contributed by atoms with Gasteiger partial charge in [0.2, 0.25) is 0 Å². The van der Waals surface area contributed by atoms with Gasteiger partial charge in [-0.15, -0.1) is 0 Å². The van der Waals surface area contributed by atoms with Gasteiger partial charge in [0.15, 0.2) is 0 Å². The number of phenols is 3. The van der Waals surface area contributed by atoms with Crippen molar-refractivity contribution in [3.05, 3.63) is 119 Å².